The first kappa shape index (κ1) is 17.0. The maximum absolute atomic E-state index is 6.58. The van der Waals surface area contributed by atoms with Gasteiger partial charge in [0.1, 0.15) is 0 Å². The molecule has 0 radical (unpaired) electrons. The van der Waals surface area contributed by atoms with E-state index in [9.17, 15) is 0 Å². The Morgan fingerprint density at radius 3 is 1.25 bits per heavy atom. The summed E-state index contributed by atoms with van der Waals surface area (Å²) in [5.41, 5.74) is 0. The first-order valence-corrected chi connectivity index (χ1v) is 0.548. The van der Waals surface area contributed by atoms with Crippen LogP contribution in [0.25, 0.3) is 0 Å². The molecule has 1 nitrogen and oxygen atoms in total. The smallest absolute Gasteiger partial charge is 1.00 e. The number of rotatable bonds is 0. The summed E-state index contributed by atoms with van der Waals surface area (Å²) in [5.74, 6) is 0. The first-order chi connectivity index (χ1) is 1.00. The Labute approximate surface area is 65.9 Å². The molecule has 0 aromatic carbocycles. The van der Waals surface area contributed by atoms with E-state index in [2.05, 4.69) is 11.9 Å². The molecule has 0 saturated heterocycles. The summed E-state index contributed by atoms with van der Waals surface area (Å²) >= 11 is 3.08. The molecule has 0 aliphatic heterocycles. The molecule has 0 amide bonds. The molecule has 0 fully saturated rings. The van der Waals surface area contributed by atoms with Crippen LogP contribution in [0.4, 0.5) is 0 Å². The van der Waals surface area contributed by atoms with Gasteiger partial charge in [0.25, 0.3) is 0 Å². The predicted molar refractivity (Wildman–Crippen MR) is 9.37 cm³/mol. The molecular formula is H2CaCl2O+2. The Morgan fingerprint density at radius 2 is 1.25 bits per heavy atom. The second-order valence-corrected chi connectivity index (χ2v) is 0. The van der Waals surface area contributed by atoms with Crippen molar-refractivity contribution in [3.05, 3.63) is 0 Å². The van der Waals surface area contributed by atoms with Crippen molar-refractivity contribution in [2.24, 2.45) is 0 Å². The molecule has 0 unspecified atom stereocenters. The van der Waals surface area contributed by atoms with Crippen molar-refractivity contribution < 1.29 is 28.9 Å². The molecule has 0 saturated carbocycles. The fourth-order valence-corrected chi connectivity index (χ4v) is 0. The van der Waals surface area contributed by atoms with E-state index in [-0.39, 0.29) is 50.1 Å². The number of hydrogen-bond acceptors (Lipinski definition) is 1. The molecule has 0 aromatic rings. The van der Waals surface area contributed by atoms with Crippen LogP contribution in [-0.2, 0) is 0 Å². The molecule has 4 heteroatoms. The third-order valence-corrected chi connectivity index (χ3v) is 0. The van der Waals surface area contributed by atoms with E-state index in [0.717, 1.165) is 0 Å². The Hall–Kier alpha value is 1.80. The second-order valence-electron chi connectivity index (χ2n) is 0. The van der Waals surface area contributed by atoms with Gasteiger partial charge in [-0.15, -0.1) is 4.66 Å². The summed E-state index contributed by atoms with van der Waals surface area (Å²) in [6.07, 6.45) is 0. The standard InChI is InChI=1S/Ca.ClH2O.ClH/c;1-2;/h;1-2H;1H/q+2;+1;/p-1. The van der Waals surface area contributed by atoms with E-state index in [1.165, 1.54) is 0 Å². The van der Waals surface area contributed by atoms with Crippen molar-refractivity contribution in [2.75, 3.05) is 0 Å². The average molecular weight is 129 g/mol. The van der Waals surface area contributed by atoms with Crippen LogP contribution in [0.2, 0.25) is 0 Å². The third kappa shape index (κ3) is 9.20. The van der Waals surface area contributed by atoms with Gasteiger partial charge in [-0.3, -0.25) is 0 Å². The van der Waals surface area contributed by atoms with Crippen molar-refractivity contribution in [1.29, 1.82) is 0 Å². The Balaban J connectivity index is -0.00000000500. The van der Waals surface area contributed by atoms with Crippen molar-refractivity contribution in [1.82, 2.24) is 0 Å². The largest absolute Gasteiger partial charge is 2.00 e. The molecule has 0 aliphatic carbocycles. The summed E-state index contributed by atoms with van der Waals surface area (Å²) in [7, 11) is 0. The van der Waals surface area contributed by atoms with Gasteiger partial charge < -0.3 is 12.4 Å². The quantitative estimate of drug-likeness (QED) is 0.329. The van der Waals surface area contributed by atoms with Crippen LogP contribution in [0.3, 0.4) is 0 Å². The SMILES string of the molecule is O[ClH+].[Ca+2].[Cl-]. The summed E-state index contributed by atoms with van der Waals surface area (Å²) in [5, 5.41) is 0. The zero-order valence-corrected chi connectivity index (χ0v) is 5.72. The maximum atomic E-state index is 6.58. The van der Waals surface area contributed by atoms with E-state index in [1.807, 2.05) is 0 Å². The molecule has 0 heterocycles. The molecule has 0 bridgehead atoms. The van der Waals surface area contributed by atoms with Crippen molar-refractivity contribution >= 4 is 37.7 Å². The number of halogens is 2. The van der Waals surface area contributed by atoms with Crippen LogP contribution >= 0.6 is 0 Å². The van der Waals surface area contributed by atoms with Crippen molar-refractivity contribution in [3.8, 4) is 0 Å². The first-order valence-electron chi connectivity index (χ1n) is 0.183. The van der Waals surface area contributed by atoms with Gasteiger partial charge in [0.2, 0.25) is 0 Å². The van der Waals surface area contributed by atoms with Crippen LogP contribution in [0.5, 0.6) is 0 Å². The summed E-state index contributed by atoms with van der Waals surface area (Å²) in [6.45, 7) is 0. The minimum absolute atomic E-state index is 0. The Kier molecular flexibility index (Phi) is 91.2. The van der Waals surface area contributed by atoms with Crippen LogP contribution in [-0.4, -0.2) is 42.4 Å². The third-order valence-electron chi connectivity index (χ3n) is 0. The van der Waals surface area contributed by atoms with Crippen LogP contribution < -0.4 is 12.4 Å². The molecule has 0 rings (SSSR count). The maximum Gasteiger partial charge on any atom is 2.00 e. The van der Waals surface area contributed by atoms with E-state index >= 15 is 0 Å². The topological polar surface area (TPSA) is 20.2 Å². The van der Waals surface area contributed by atoms with E-state index in [1.54, 1.807) is 0 Å². The van der Waals surface area contributed by atoms with Gasteiger partial charge >= 0.3 is 49.6 Å². The van der Waals surface area contributed by atoms with E-state index < -0.39 is 0 Å². The molecule has 4 heavy (non-hydrogen) atoms. The Morgan fingerprint density at radius 1 is 1.25 bits per heavy atom. The summed E-state index contributed by atoms with van der Waals surface area (Å²) in [4.78, 5) is 0. The molecule has 1 N–H and O–H groups in total. The molecular weight excluding hydrogens is 127 g/mol. The molecule has 0 aromatic heterocycles. The zero-order valence-electron chi connectivity index (χ0n) is 1.94. The minimum Gasteiger partial charge on any atom is -1.00 e. The van der Waals surface area contributed by atoms with Gasteiger partial charge in [-0.25, -0.2) is 0 Å². The van der Waals surface area contributed by atoms with Gasteiger partial charge in [0.05, 0.1) is 0 Å². The monoisotopic (exact) mass is 128 g/mol. The normalized spacial score (nSPS) is 1.50. The van der Waals surface area contributed by atoms with Crippen LogP contribution in [0.1, 0.15) is 0 Å². The molecule has 0 spiro atoms. The van der Waals surface area contributed by atoms with Gasteiger partial charge in [0, 0.05) is 0 Å². The van der Waals surface area contributed by atoms with Gasteiger partial charge in [0.15, 0.2) is 0 Å². The minimum atomic E-state index is 0. The Bertz CT molecular complexity index is 6.00. The second kappa shape index (κ2) is 21.4. The fraction of sp³-hybridized carbons (Fsp3) is 0. The van der Waals surface area contributed by atoms with Gasteiger partial charge in [-0.1, -0.05) is 0 Å². The average Bonchev–Trinajstić information content (AvgIpc) is 1.00. The van der Waals surface area contributed by atoms with Crippen molar-refractivity contribution in [3.63, 3.8) is 0 Å². The molecule has 22 valence electrons. The molecule has 0 aliphatic rings. The van der Waals surface area contributed by atoms with Crippen molar-refractivity contribution in [2.45, 2.75) is 0 Å². The van der Waals surface area contributed by atoms with E-state index in [4.69, 9.17) is 4.66 Å². The predicted octanol–water partition coefficient (Wildman–Crippen LogP) is -4.20. The van der Waals surface area contributed by atoms with Crippen LogP contribution in [0.15, 0.2) is 0 Å². The van der Waals surface area contributed by atoms with E-state index in [0.29, 0.717) is 0 Å². The zero-order chi connectivity index (χ0) is 2.00. The van der Waals surface area contributed by atoms with Crippen LogP contribution in [0, 0.1) is 11.9 Å². The fourth-order valence-electron chi connectivity index (χ4n) is 0. The van der Waals surface area contributed by atoms with Gasteiger partial charge in [-0.2, -0.15) is 0 Å². The molecule has 0 atom stereocenters. The summed E-state index contributed by atoms with van der Waals surface area (Å²) < 4.78 is 6.58. The van der Waals surface area contributed by atoms with Gasteiger partial charge in [-0.05, 0) is 0 Å². The number of hydrogen-bond donors (Lipinski definition) is 1. The summed E-state index contributed by atoms with van der Waals surface area (Å²) in [6, 6.07) is 0.